The first-order chi connectivity index (χ1) is 12.3. The molecule has 0 saturated carbocycles. The molecule has 0 atom stereocenters. The van der Waals surface area contributed by atoms with Crippen LogP contribution in [0.25, 0.3) is 0 Å². The van der Waals surface area contributed by atoms with Gasteiger partial charge in [0.25, 0.3) is 0 Å². The van der Waals surface area contributed by atoms with Gasteiger partial charge in [-0.05, 0) is 69.2 Å². The van der Waals surface area contributed by atoms with E-state index >= 15 is 0 Å². The van der Waals surface area contributed by atoms with Gasteiger partial charge in [-0.2, -0.15) is 0 Å². The number of carbonyl (C=O) groups is 2. The van der Waals surface area contributed by atoms with Crippen molar-refractivity contribution in [3.63, 3.8) is 0 Å². The number of hydrogen-bond acceptors (Lipinski definition) is 3. The Bertz CT molecular complexity index is 706. The molecule has 2 amide bonds. The molecule has 0 fully saturated rings. The van der Waals surface area contributed by atoms with Crippen molar-refractivity contribution < 1.29 is 14.3 Å². The monoisotopic (exact) mass is 358 g/mol. The predicted molar refractivity (Wildman–Crippen MR) is 103 cm³/mol. The van der Waals surface area contributed by atoms with Gasteiger partial charge in [0.1, 0.15) is 5.60 Å². The highest BCUT2D eigenvalue weighted by atomic mass is 16.6. The molecule has 0 N–H and O–H groups in total. The number of carbonyl (C=O) groups excluding carboxylic acids is 2. The van der Waals surface area contributed by atoms with Gasteiger partial charge < -0.3 is 14.5 Å². The quantitative estimate of drug-likeness (QED) is 0.810. The molecule has 1 aromatic carbocycles. The van der Waals surface area contributed by atoms with Crippen molar-refractivity contribution in [2.45, 2.75) is 65.4 Å². The highest BCUT2D eigenvalue weighted by molar-refractivity contribution is 5.96. The number of nitrogens with zero attached hydrogens (tertiary/aromatic N) is 2. The molecule has 0 aromatic heterocycles. The molecule has 2 aliphatic rings. The zero-order valence-corrected chi connectivity index (χ0v) is 16.4. The molecular formula is C21H30N2O3. The van der Waals surface area contributed by atoms with Gasteiger partial charge in [-0.25, -0.2) is 4.79 Å². The van der Waals surface area contributed by atoms with Crippen LogP contribution in [0.4, 0.5) is 10.5 Å². The molecule has 3 rings (SSSR count). The van der Waals surface area contributed by atoms with E-state index in [4.69, 9.17) is 4.74 Å². The lowest BCUT2D eigenvalue weighted by Crippen LogP contribution is -2.38. The van der Waals surface area contributed by atoms with E-state index in [9.17, 15) is 9.59 Å². The lowest BCUT2D eigenvalue weighted by molar-refractivity contribution is -0.118. The number of anilines is 1. The highest BCUT2D eigenvalue weighted by Gasteiger charge is 2.28. The Morgan fingerprint density at radius 3 is 2.31 bits per heavy atom. The van der Waals surface area contributed by atoms with E-state index in [0.29, 0.717) is 19.5 Å². The summed E-state index contributed by atoms with van der Waals surface area (Å²) in [5.74, 6) is 0.225. The Hall–Kier alpha value is -2.04. The van der Waals surface area contributed by atoms with Crippen LogP contribution in [-0.4, -0.2) is 42.1 Å². The van der Waals surface area contributed by atoms with Crippen molar-refractivity contribution in [1.82, 2.24) is 4.90 Å². The third-order valence-electron chi connectivity index (χ3n) is 5.00. The number of fused-ring (bicyclic) bond motifs is 2. The van der Waals surface area contributed by atoms with Crippen molar-refractivity contribution in [1.29, 1.82) is 0 Å². The summed E-state index contributed by atoms with van der Waals surface area (Å²) >= 11 is 0. The first kappa shape index (κ1) is 18.7. The molecule has 0 saturated heterocycles. The molecule has 5 heteroatoms. The molecule has 0 bridgehead atoms. The molecule has 0 aliphatic carbocycles. The van der Waals surface area contributed by atoms with E-state index < -0.39 is 5.60 Å². The highest BCUT2D eigenvalue weighted by Crippen LogP contribution is 2.32. The SMILES string of the molecule is CCCN1C(=O)CCc2cc3c(cc21)CCN(C(=O)OC(C)(C)C)CC3. The molecule has 142 valence electrons. The number of rotatable bonds is 2. The van der Waals surface area contributed by atoms with E-state index in [1.165, 1.54) is 16.7 Å². The zero-order chi connectivity index (χ0) is 18.9. The molecule has 5 nitrogen and oxygen atoms in total. The van der Waals surface area contributed by atoms with Crippen LogP contribution in [-0.2, 0) is 28.8 Å². The fourth-order valence-corrected chi connectivity index (χ4v) is 3.76. The van der Waals surface area contributed by atoms with Crippen LogP contribution in [0.15, 0.2) is 12.1 Å². The van der Waals surface area contributed by atoms with Crippen LogP contribution in [0.1, 0.15) is 57.2 Å². The standard InChI is InChI=1S/C21H30N2O3/c1-5-10-23-18-14-16-9-12-22(20(25)26-21(2,3)4)11-8-15(16)13-17(18)6-7-19(23)24/h13-14H,5-12H2,1-4H3. The summed E-state index contributed by atoms with van der Waals surface area (Å²) in [4.78, 5) is 28.5. The summed E-state index contributed by atoms with van der Waals surface area (Å²) < 4.78 is 5.53. The van der Waals surface area contributed by atoms with Gasteiger partial charge in [-0.15, -0.1) is 0 Å². The Kier molecular flexibility index (Phi) is 5.26. The van der Waals surface area contributed by atoms with Crippen molar-refractivity contribution in [2.75, 3.05) is 24.5 Å². The summed E-state index contributed by atoms with van der Waals surface area (Å²) in [5.41, 5.74) is 4.43. The average Bonchev–Trinajstić information content (AvgIpc) is 2.76. The fraction of sp³-hybridized carbons (Fsp3) is 0.619. The molecule has 2 aliphatic heterocycles. The van der Waals surface area contributed by atoms with Gasteiger partial charge in [0.15, 0.2) is 0 Å². The first-order valence-electron chi connectivity index (χ1n) is 9.71. The van der Waals surface area contributed by atoms with Crippen LogP contribution < -0.4 is 4.90 Å². The minimum absolute atomic E-state index is 0.225. The summed E-state index contributed by atoms with van der Waals surface area (Å²) in [5, 5.41) is 0. The second kappa shape index (κ2) is 7.29. The summed E-state index contributed by atoms with van der Waals surface area (Å²) in [6.45, 7) is 9.89. The maximum atomic E-state index is 12.4. The van der Waals surface area contributed by atoms with E-state index in [1.807, 2.05) is 25.7 Å². The maximum Gasteiger partial charge on any atom is 0.410 e. The van der Waals surface area contributed by atoms with Gasteiger partial charge >= 0.3 is 6.09 Å². The Balaban J connectivity index is 1.81. The summed E-state index contributed by atoms with van der Waals surface area (Å²) in [6, 6.07) is 4.45. The minimum atomic E-state index is -0.476. The van der Waals surface area contributed by atoms with E-state index in [2.05, 4.69) is 19.1 Å². The Morgan fingerprint density at radius 2 is 1.69 bits per heavy atom. The summed E-state index contributed by atoms with van der Waals surface area (Å²) in [6.07, 6.45) is 3.76. The lowest BCUT2D eigenvalue weighted by atomic mass is 9.93. The molecule has 26 heavy (non-hydrogen) atoms. The molecule has 2 heterocycles. The van der Waals surface area contributed by atoms with Gasteiger partial charge in [-0.1, -0.05) is 13.0 Å². The van der Waals surface area contributed by atoms with Crippen molar-refractivity contribution in [2.24, 2.45) is 0 Å². The molecule has 0 spiro atoms. The van der Waals surface area contributed by atoms with Crippen LogP contribution >= 0.6 is 0 Å². The second-order valence-corrected chi connectivity index (χ2v) is 8.26. The third-order valence-corrected chi connectivity index (χ3v) is 5.00. The van der Waals surface area contributed by atoms with Crippen LogP contribution in [0.2, 0.25) is 0 Å². The van der Waals surface area contributed by atoms with Crippen molar-refractivity contribution in [3.05, 3.63) is 28.8 Å². The van der Waals surface area contributed by atoms with E-state index in [1.54, 1.807) is 4.90 Å². The Morgan fingerprint density at radius 1 is 1.04 bits per heavy atom. The minimum Gasteiger partial charge on any atom is -0.444 e. The van der Waals surface area contributed by atoms with Gasteiger partial charge in [0.05, 0.1) is 0 Å². The maximum absolute atomic E-state index is 12.4. The second-order valence-electron chi connectivity index (χ2n) is 8.26. The Labute approximate surface area is 156 Å². The lowest BCUT2D eigenvalue weighted by Gasteiger charge is -2.30. The zero-order valence-electron chi connectivity index (χ0n) is 16.4. The predicted octanol–water partition coefficient (Wildman–Crippen LogP) is 3.71. The van der Waals surface area contributed by atoms with Crippen LogP contribution in [0.3, 0.4) is 0 Å². The van der Waals surface area contributed by atoms with Crippen LogP contribution in [0.5, 0.6) is 0 Å². The van der Waals surface area contributed by atoms with Crippen molar-refractivity contribution in [3.8, 4) is 0 Å². The molecule has 0 unspecified atom stereocenters. The van der Waals surface area contributed by atoms with E-state index in [-0.39, 0.29) is 12.0 Å². The number of amides is 2. The largest absolute Gasteiger partial charge is 0.444 e. The molecule has 1 aromatic rings. The number of benzene rings is 1. The average molecular weight is 358 g/mol. The van der Waals surface area contributed by atoms with Crippen LogP contribution in [0, 0.1) is 0 Å². The van der Waals surface area contributed by atoms with Gasteiger partial charge in [-0.3, -0.25) is 4.79 Å². The number of aryl methyl sites for hydroxylation is 1. The van der Waals surface area contributed by atoms with E-state index in [0.717, 1.165) is 37.9 Å². The van der Waals surface area contributed by atoms with Crippen molar-refractivity contribution >= 4 is 17.7 Å². The fourth-order valence-electron chi connectivity index (χ4n) is 3.76. The smallest absolute Gasteiger partial charge is 0.410 e. The molecular weight excluding hydrogens is 328 g/mol. The third kappa shape index (κ3) is 4.02. The number of ether oxygens (including phenoxy) is 1. The summed E-state index contributed by atoms with van der Waals surface area (Å²) in [7, 11) is 0. The first-order valence-corrected chi connectivity index (χ1v) is 9.71. The number of hydrogen-bond donors (Lipinski definition) is 0. The normalized spacial score (nSPS) is 17.5. The molecule has 0 radical (unpaired) electrons. The topological polar surface area (TPSA) is 49.9 Å². The van der Waals surface area contributed by atoms with Gasteiger partial charge in [0.2, 0.25) is 5.91 Å². The van der Waals surface area contributed by atoms with Gasteiger partial charge in [0, 0.05) is 31.7 Å².